The van der Waals surface area contributed by atoms with E-state index >= 15 is 0 Å². The largest absolute Gasteiger partial charge is 0.483 e. The Balaban J connectivity index is 1.56. The average molecular weight is 400 g/mol. The number of aromatic amines is 1. The van der Waals surface area contributed by atoms with E-state index in [9.17, 15) is 4.39 Å². The Kier molecular flexibility index (Phi) is 4.44. The normalized spacial score (nSPS) is 11.1. The van der Waals surface area contributed by atoms with Crippen LogP contribution >= 0.6 is 0 Å². The molecule has 0 bridgehead atoms. The lowest BCUT2D eigenvalue weighted by Gasteiger charge is -2.04. The van der Waals surface area contributed by atoms with Crippen LogP contribution in [0.2, 0.25) is 0 Å². The standard InChI is InChI=1S/C22H17FN6O/c1-14-5-4-7-17(26-14)22-21(15-9-10-20-24-13-25-29(20)11-15)27-19(28-22)12-30-18-8-3-2-6-16(18)23/h2-11,13H,12H2,1H3,(H,27,28). The predicted octanol–water partition coefficient (Wildman–Crippen LogP) is 4.21. The molecule has 4 aromatic heterocycles. The first-order chi connectivity index (χ1) is 14.7. The summed E-state index contributed by atoms with van der Waals surface area (Å²) in [5.74, 6) is 0.321. The van der Waals surface area contributed by atoms with Crippen molar-refractivity contribution in [3.63, 3.8) is 0 Å². The molecule has 7 nitrogen and oxygen atoms in total. The van der Waals surface area contributed by atoms with Crippen molar-refractivity contribution in [3.8, 4) is 28.4 Å². The highest BCUT2D eigenvalue weighted by Crippen LogP contribution is 2.30. The van der Waals surface area contributed by atoms with Crippen molar-refractivity contribution < 1.29 is 9.13 Å². The fourth-order valence-corrected chi connectivity index (χ4v) is 3.23. The Morgan fingerprint density at radius 2 is 1.93 bits per heavy atom. The summed E-state index contributed by atoms with van der Waals surface area (Å²) < 4.78 is 21.2. The number of aryl methyl sites for hydroxylation is 1. The summed E-state index contributed by atoms with van der Waals surface area (Å²) in [6.45, 7) is 2.02. The molecule has 0 spiro atoms. The molecule has 5 aromatic rings. The number of para-hydroxylation sites is 1. The molecule has 0 saturated carbocycles. The molecule has 148 valence electrons. The van der Waals surface area contributed by atoms with E-state index in [2.05, 4.69) is 20.1 Å². The van der Waals surface area contributed by atoms with Gasteiger partial charge in [-0.1, -0.05) is 18.2 Å². The van der Waals surface area contributed by atoms with Crippen LogP contribution < -0.4 is 4.74 Å². The number of imidazole rings is 1. The third-order valence-electron chi connectivity index (χ3n) is 4.65. The molecule has 30 heavy (non-hydrogen) atoms. The molecule has 1 aromatic carbocycles. The smallest absolute Gasteiger partial charge is 0.165 e. The Morgan fingerprint density at radius 1 is 1.03 bits per heavy atom. The van der Waals surface area contributed by atoms with Gasteiger partial charge in [-0.05, 0) is 43.3 Å². The number of aromatic nitrogens is 6. The molecule has 0 unspecified atom stereocenters. The maximum absolute atomic E-state index is 13.9. The van der Waals surface area contributed by atoms with Crippen molar-refractivity contribution in [2.75, 3.05) is 0 Å². The summed E-state index contributed by atoms with van der Waals surface area (Å²) in [5, 5.41) is 4.20. The zero-order valence-electron chi connectivity index (χ0n) is 16.1. The number of hydrogen-bond donors (Lipinski definition) is 1. The van der Waals surface area contributed by atoms with E-state index in [1.807, 2.05) is 43.5 Å². The van der Waals surface area contributed by atoms with Crippen LogP contribution in [0.3, 0.4) is 0 Å². The third kappa shape index (κ3) is 3.39. The highest BCUT2D eigenvalue weighted by molar-refractivity contribution is 5.77. The number of hydrogen-bond acceptors (Lipinski definition) is 5. The number of pyridine rings is 2. The van der Waals surface area contributed by atoms with Crippen molar-refractivity contribution in [1.82, 2.24) is 29.5 Å². The molecular formula is C22H17FN6O. The molecule has 0 aliphatic carbocycles. The number of halogens is 1. The first-order valence-electron chi connectivity index (χ1n) is 9.37. The lowest BCUT2D eigenvalue weighted by atomic mass is 10.1. The van der Waals surface area contributed by atoms with Gasteiger partial charge in [0.25, 0.3) is 0 Å². The number of fused-ring (bicyclic) bond motifs is 1. The second-order valence-corrected chi connectivity index (χ2v) is 6.77. The van der Waals surface area contributed by atoms with Crippen molar-refractivity contribution in [1.29, 1.82) is 0 Å². The first-order valence-corrected chi connectivity index (χ1v) is 9.37. The summed E-state index contributed by atoms with van der Waals surface area (Å²) in [4.78, 5) is 16.8. The van der Waals surface area contributed by atoms with E-state index in [4.69, 9.17) is 9.72 Å². The van der Waals surface area contributed by atoms with Crippen LogP contribution in [0, 0.1) is 12.7 Å². The number of benzene rings is 1. The van der Waals surface area contributed by atoms with Crippen LogP contribution in [0.25, 0.3) is 28.3 Å². The molecule has 0 radical (unpaired) electrons. The van der Waals surface area contributed by atoms with Crippen LogP contribution in [0.4, 0.5) is 4.39 Å². The third-order valence-corrected chi connectivity index (χ3v) is 4.65. The van der Waals surface area contributed by atoms with Crippen molar-refractivity contribution in [2.45, 2.75) is 13.5 Å². The number of nitrogens with zero attached hydrogens (tertiary/aromatic N) is 5. The first kappa shape index (κ1) is 18.0. The molecule has 0 saturated heterocycles. The minimum atomic E-state index is -0.415. The number of nitrogens with one attached hydrogen (secondary N) is 1. The van der Waals surface area contributed by atoms with Gasteiger partial charge in [-0.3, -0.25) is 4.98 Å². The molecular weight excluding hydrogens is 383 g/mol. The fourth-order valence-electron chi connectivity index (χ4n) is 3.23. The van der Waals surface area contributed by atoms with Gasteiger partial charge in [0.2, 0.25) is 0 Å². The summed E-state index contributed by atoms with van der Waals surface area (Å²) in [6.07, 6.45) is 3.36. The van der Waals surface area contributed by atoms with Crippen LogP contribution in [0.5, 0.6) is 5.75 Å². The van der Waals surface area contributed by atoms with E-state index in [1.54, 1.807) is 22.7 Å². The van der Waals surface area contributed by atoms with Gasteiger partial charge in [0.1, 0.15) is 18.8 Å². The highest BCUT2D eigenvalue weighted by atomic mass is 19.1. The summed E-state index contributed by atoms with van der Waals surface area (Å²) in [7, 11) is 0. The van der Waals surface area contributed by atoms with Gasteiger partial charge in [-0.25, -0.2) is 18.9 Å². The van der Waals surface area contributed by atoms with Crippen LogP contribution in [-0.4, -0.2) is 29.5 Å². The highest BCUT2D eigenvalue weighted by Gasteiger charge is 2.17. The molecule has 4 heterocycles. The van der Waals surface area contributed by atoms with Gasteiger partial charge in [0.05, 0.1) is 17.1 Å². The predicted molar refractivity (Wildman–Crippen MR) is 109 cm³/mol. The average Bonchev–Trinajstić information content (AvgIpc) is 3.39. The van der Waals surface area contributed by atoms with Crippen LogP contribution in [0.1, 0.15) is 11.5 Å². The molecule has 0 amide bonds. The Morgan fingerprint density at radius 3 is 2.80 bits per heavy atom. The van der Waals surface area contributed by atoms with E-state index < -0.39 is 5.82 Å². The number of H-pyrrole nitrogens is 1. The quantitative estimate of drug-likeness (QED) is 0.478. The molecule has 0 aliphatic rings. The van der Waals surface area contributed by atoms with Gasteiger partial charge < -0.3 is 9.72 Å². The zero-order chi connectivity index (χ0) is 20.5. The lowest BCUT2D eigenvalue weighted by molar-refractivity contribution is 0.282. The fraction of sp³-hybridized carbons (Fsp3) is 0.0909. The molecule has 0 fully saturated rings. The topological polar surface area (TPSA) is 81.0 Å². The maximum Gasteiger partial charge on any atom is 0.165 e. The Hall–Kier alpha value is -4.07. The second kappa shape index (κ2) is 7.40. The second-order valence-electron chi connectivity index (χ2n) is 6.77. The van der Waals surface area contributed by atoms with Gasteiger partial charge in [0, 0.05) is 17.5 Å². The summed E-state index contributed by atoms with van der Waals surface area (Å²) in [6, 6.07) is 15.9. The molecule has 0 aliphatic heterocycles. The van der Waals surface area contributed by atoms with Gasteiger partial charge in [-0.15, -0.1) is 0 Å². The van der Waals surface area contributed by atoms with E-state index in [-0.39, 0.29) is 12.4 Å². The van der Waals surface area contributed by atoms with Crippen molar-refractivity contribution in [3.05, 3.63) is 84.5 Å². The number of ether oxygens (including phenoxy) is 1. The molecule has 8 heteroatoms. The summed E-state index contributed by atoms with van der Waals surface area (Å²) >= 11 is 0. The van der Waals surface area contributed by atoms with E-state index in [0.29, 0.717) is 11.5 Å². The van der Waals surface area contributed by atoms with Gasteiger partial charge in [0.15, 0.2) is 17.2 Å². The van der Waals surface area contributed by atoms with Crippen LogP contribution in [0.15, 0.2) is 67.1 Å². The van der Waals surface area contributed by atoms with Crippen LogP contribution in [-0.2, 0) is 6.61 Å². The van der Waals surface area contributed by atoms with E-state index in [1.165, 1.54) is 12.4 Å². The zero-order valence-corrected chi connectivity index (χ0v) is 16.1. The molecule has 5 rings (SSSR count). The lowest BCUT2D eigenvalue weighted by Crippen LogP contribution is -1.99. The van der Waals surface area contributed by atoms with Gasteiger partial charge in [-0.2, -0.15) is 5.10 Å². The minimum absolute atomic E-state index is 0.0886. The number of rotatable bonds is 5. The van der Waals surface area contributed by atoms with Gasteiger partial charge >= 0.3 is 0 Å². The Bertz CT molecular complexity index is 1340. The Labute approximate surface area is 171 Å². The van der Waals surface area contributed by atoms with E-state index in [0.717, 1.165) is 28.3 Å². The minimum Gasteiger partial charge on any atom is -0.483 e. The molecule has 1 N–H and O–H groups in total. The van der Waals surface area contributed by atoms with Crippen molar-refractivity contribution >= 4 is 5.65 Å². The SMILES string of the molecule is Cc1cccc(-c2[nH]c(COc3ccccc3F)nc2-c2ccc3ncnn3c2)n1. The monoisotopic (exact) mass is 400 g/mol. The summed E-state index contributed by atoms with van der Waals surface area (Å²) in [5.41, 5.74) is 4.70. The van der Waals surface area contributed by atoms with Crippen molar-refractivity contribution in [2.24, 2.45) is 0 Å². The maximum atomic E-state index is 13.9. The molecule has 0 atom stereocenters.